The zero-order valence-corrected chi connectivity index (χ0v) is 10.2. The molecule has 2 rings (SSSR count). The van der Waals surface area contributed by atoms with Gasteiger partial charge in [-0.25, -0.2) is 4.98 Å². The fourth-order valence-corrected chi connectivity index (χ4v) is 2.09. The fraction of sp³-hybridized carbons (Fsp3) is 0.636. The molecule has 1 saturated heterocycles. The SMILES string of the molecule is COc1ncnc(N2CCC(OC)CC2)c1N. The first-order chi connectivity index (χ1) is 8.26. The second-order valence-electron chi connectivity index (χ2n) is 4.04. The Balaban J connectivity index is 2.13. The molecule has 1 aromatic rings. The monoisotopic (exact) mass is 238 g/mol. The van der Waals surface area contributed by atoms with Crippen molar-refractivity contribution in [2.45, 2.75) is 18.9 Å². The summed E-state index contributed by atoms with van der Waals surface area (Å²) < 4.78 is 10.4. The number of ether oxygens (including phenoxy) is 2. The molecule has 1 fully saturated rings. The normalized spacial score (nSPS) is 17.2. The van der Waals surface area contributed by atoms with Gasteiger partial charge in [-0.2, -0.15) is 4.98 Å². The van der Waals surface area contributed by atoms with E-state index in [-0.39, 0.29) is 0 Å². The molecule has 0 aliphatic carbocycles. The van der Waals surface area contributed by atoms with E-state index >= 15 is 0 Å². The van der Waals surface area contributed by atoms with Crippen molar-refractivity contribution in [3.05, 3.63) is 6.33 Å². The molecule has 0 atom stereocenters. The Bertz CT molecular complexity index is 378. The second kappa shape index (κ2) is 5.18. The van der Waals surface area contributed by atoms with Crippen LogP contribution in [0.1, 0.15) is 12.8 Å². The van der Waals surface area contributed by atoms with Gasteiger partial charge in [0.1, 0.15) is 12.0 Å². The number of anilines is 2. The molecule has 1 aromatic heterocycles. The van der Waals surface area contributed by atoms with Crippen LogP contribution in [-0.4, -0.2) is 43.4 Å². The smallest absolute Gasteiger partial charge is 0.242 e. The van der Waals surface area contributed by atoms with Crippen LogP contribution < -0.4 is 15.4 Å². The van der Waals surface area contributed by atoms with Gasteiger partial charge in [0.25, 0.3) is 0 Å². The van der Waals surface area contributed by atoms with Crippen LogP contribution in [0.15, 0.2) is 6.33 Å². The molecular weight excluding hydrogens is 220 g/mol. The van der Waals surface area contributed by atoms with Crippen molar-refractivity contribution in [3.63, 3.8) is 0 Å². The highest BCUT2D eigenvalue weighted by atomic mass is 16.5. The Morgan fingerprint density at radius 3 is 2.59 bits per heavy atom. The maximum absolute atomic E-state index is 5.97. The van der Waals surface area contributed by atoms with E-state index in [2.05, 4.69) is 14.9 Å². The summed E-state index contributed by atoms with van der Waals surface area (Å²) >= 11 is 0. The van der Waals surface area contributed by atoms with Crippen molar-refractivity contribution < 1.29 is 9.47 Å². The minimum Gasteiger partial charge on any atom is -0.479 e. The molecule has 0 bridgehead atoms. The van der Waals surface area contributed by atoms with Gasteiger partial charge in [-0.1, -0.05) is 0 Å². The lowest BCUT2D eigenvalue weighted by Gasteiger charge is -2.32. The van der Waals surface area contributed by atoms with Gasteiger partial charge >= 0.3 is 0 Å². The summed E-state index contributed by atoms with van der Waals surface area (Å²) in [6, 6.07) is 0. The summed E-state index contributed by atoms with van der Waals surface area (Å²) in [7, 11) is 3.31. The van der Waals surface area contributed by atoms with E-state index in [1.54, 1.807) is 14.2 Å². The van der Waals surface area contributed by atoms with Gasteiger partial charge in [0.05, 0.1) is 13.2 Å². The highest BCUT2D eigenvalue weighted by molar-refractivity contribution is 5.67. The van der Waals surface area contributed by atoms with Crippen molar-refractivity contribution >= 4 is 11.5 Å². The highest BCUT2D eigenvalue weighted by Crippen LogP contribution is 2.29. The number of rotatable bonds is 3. The average molecular weight is 238 g/mol. The number of hydrogen-bond donors (Lipinski definition) is 1. The van der Waals surface area contributed by atoms with Crippen molar-refractivity contribution in [2.75, 3.05) is 37.9 Å². The quantitative estimate of drug-likeness (QED) is 0.835. The van der Waals surface area contributed by atoms with E-state index in [9.17, 15) is 0 Å². The van der Waals surface area contributed by atoms with Crippen LogP contribution in [-0.2, 0) is 4.74 Å². The van der Waals surface area contributed by atoms with Gasteiger partial charge < -0.3 is 20.1 Å². The number of aromatic nitrogens is 2. The third kappa shape index (κ3) is 2.41. The van der Waals surface area contributed by atoms with Gasteiger partial charge in [-0.05, 0) is 12.8 Å². The number of nitrogens with two attached hydrogens (primary N) is 1. The molecule has 1 aliphatic heterocycles. The molecule has 94 valence electrons. The van der Waals surface area contributed by atoms with Crippen LogP contribution in [0.4, 0.5) is 11.5 Å². The van der Waals surface area contributed by atoms with Crippen LogP contribution in [0.3, 0.4) is 0 Å². The number of nitrogens with zero attached hydrogens (tertiary/aromatic N) is 3. The van der Waals surface area contributed by atoms with E-state index in [1.165, 1.54) is 6.33 Å². The molecule has 6 heteroatoms. The van der Waals surface area contributed by atoms with E-state index in [0.29, 0.717) is 17.7 Å². The van der Waals surface area contributed by atoms with Crippen LogP contribution in [0.25, 0.3) is 0 Å². The van der Waals surface area contributed by atoms with Gasteiger partial charge in [0.15, 0.2) is 5.82 Å². The van der Waals surface area contributed by atoms with Crippen molar-refractivity contribution in [1.29, 1.82) is 0 Å². The predicted octanol–water partition coefficient (Wildman–Crippen LogP) is 0.683. The minimum atomic E-state index is 0.344. The summed E-state index contributed by atoms with van der Waals surface area (Å²) in [5, 5.41) is 0. The van der Waals surface area contributed by atoms with Gasteiger partial charge in [0.2, 0.25) is 5.88 Å². The van der Waals surface area contributed by atoms with Crippen LogP contribution in [0.5, 0.6) is 5.88 Å². The van der Waals surface area contributed by atoms with Crippen molar-refractivity contribution in [3.8, 4) is 5.88 Å². The molecule has 2 N–H and O–H groups in total. The molecule has 2 heterocycles. The summed E-state index contributed by atoms with van der Waals surface area (Å²) in [5.74, 6) is 1.19. The minimum absolute atomic E-state index is 0.344. The Kier molecular flexibility index (Phi) is 3.63. The van der Waals surface area contributed by atoms with Crippen LogP contribution >= 0.6 is 0 Å². The van der Waals surface area contributed by atoms with Crippen molar-refractivity contribution in [1.82, 2.24) is 9.97 Å². The number of hydrogen-bond acceptors (Lipinski definition) is 6. The molecule has 0 radical (unpaired) electrons. The molecule has 6 nitrogen and oxygen atoms in total. The molecular formula is C11H18N4O2. The Morgan fingerprint density at radius 2 is 2.00 bits per heavy atom. The molecule has 17 heavy (non-hydrogen) atoms. The first-order valence-corrected chi connectivity index (χ1v) is 5.68. The van der Waals surface area contributed by atoms with E-state index in [0.717, 1.165) is 31.7 Å². The van der Waals surface area contributed by atoms with Gasteiger partial charge in [-0.15, -0.1) is 0 Å². The number of piperidine rings is 1. The van der Waals surface area contributed by atoms with Crippen LogP contribution in [0, 0.1) is 0 Å². The first kappa shape index (κ1) is 11.9. The van der Waals surface area contributed by atoms with Gasteiger partial charge in [-0.3, -0.25) is 0 Å². The lowest BCUT2D eigenvalue weighted by atomic mass is 10.1. The van der Waals surface area contributed by atoms with E-state index in [4.69, 9.17) is 15.2 Å². The topological polar surface area (TPSA) is 73.5 Å². The first-order valence-electron chi connectivity index (χ1n) is 5.68. The molecule has 0 saturated carbocycles. The Hall–Kier alpha value is -1.56. The maximum Gasteiger partial charge on any atom is 0.242 e. The lowest BCUT2D eigenvalue weighted by Crippen LogP contribution is -2.37. The lowest BCUT2D eigenvalue weighted by molar-refractivity contribution is 0.0818. The summed E-state index contributed by atoms with van der Waals surface area (Å²) in [5.41, 5.74) is 6.47. The molecule has 1 aliphatic rings. The standard InChI is InChI=1S/C11H18N4O2/c1-16-8-3-5-15(6-4-8)10-9(12)11(17-2)14-7-13-10/h7-8H,3-6,12H2,1-2H3. The summed E-state index contributed by atoms with van der Waals surface area (Å²) in [6.07, 6.45) is 3.80. The van der Waals surface area contributed by atoms with Gasteiger partial charge in [0, 0.05) is 20.2 Å². The zero-order valence-electron chi connectivity index (χ0n) is 10.2. The molecule has 0 unspecified atom stereocenters. The highest BCUT2D eigenvalue weighted by Gasteiger charge is 2.22. The largest absolute Gasteiger partial charge is 0.479 e. The number of methoxy groups -OCH3 is 2. The zero-order chi connectivity index (χ0) is 12.3. The summed E-state index contributed by atoms with van der Waals surface area (Å²) in [6.45, 7) is 1.78. The second-order valence-corrected chi connectivity index (χ2v) is 4.04. The predicted molar refractivity (Wildman–Crippen MR) is 65.2 cm³/mol. The summed E-state index contributed by atoms with van der Waals surface area (Å²) in [4.78, 5) is 10.4. The Morgan fingerprint density at radius 1 is 1.29 bits per heavy atom. The van der Waals surface area contributed by atoms with Crippen LogP contribution in [0.2, 0.25) is 0 Å². The average Bonchev–Trinajstić information content (AvgIpc) is 2.39. The maximum atomic E-state index is 5.97. The fourth-order valence-electron chi connectivity index (χ4n) is 2.09. The molecule has 0 aromatic carbocycles. The third-order valence-electron chi connectivity index (χ3n) is 3.09. The molecule has 0 amide bonds. The third-order valence-corrected chi connectivity index (χ3v) is 3.09. The molecule has 0 spiro atoms. The number of nitrogen functional groups attached to an aromatic ring is 1. The van der Waals surface area contributed by atoms with E-state index < -0.39 is 0 Å². The van der Waals surface area contributed by atoms with Crippen molar-refractivity contribution in [2.24, 2.45) is 0 Å². The Labute approximate surface area is 101 Å². The van der Waals surface area contributed by atoms with E-state index in [1.807, 2.05) is 0 Å².